The van der Waals surface area contributed by atoms with Gasteiger partial charge in [-0.15, -0.1) is 0 Å². The summed E-state index contributed by atoms with van der Waals surface area (Å²) in [7, 11) is 0. The van der Waals surface area contributed by atoms with Gasteiger partial charge in [0.15, 0.2) is 0 Å². The van der Waals surface area contributed by atoms with Crippen LogP contribution in [0.4, 0.5) is 11.4 Å². The zero-order valence-corrected chi connectivity index (χ0v) is 21.3. The molecule has 3 amide bonds. The summed E-state index contributed by atoms with van der Waals surface area (Å²) in [6.07, 6.45) is 1.00. The first kappa shape index (κ1) is 24.7. The Morgan fingerprint density at radius 2 is 1.49 bits per heavy atom. The minimum absolute atomic E-state index is 0.0727. The van der Waals surface area contributed by atoms with Crippen LogP contribution < -0.4 is 15.5 Å². The van der Waals surface area contributed by atoms with E-state index in [2.05, 4.69) is 10.6 Å². The van der Waals surface area contributed by atoms with Crippen LogP contribution in [0.15, 0.2) is 66.7 Å². The lowest BCUT2D eigenvalue weighted by molar-refractivity contribution is -0.116. The van der Waals surface area contributed by atoms with E-state index in [-0.39, 0.29) is 24.1 Å². The van der Waals surface area contributed by atoms with Gasteiger partial charge in [0.2, 0.25) is 5.91 Å². The van der Waals surface area contributed by atoms with Crippen molar-refractivity contribution in [3.05, 3.63) is 94.5 Å². The quantitative estimate of drug-likeness (QED) is 0.561. The maximum absolute atomic E-state index is 14.0. The van der Waals surface area contributed by atoms with Crippen LogP contribution in [-0.4, -0.2) is 48.8 Å². The van der Waals surface area contributed by atoms with Crippen LogP contribution in [0.2, 0.25) is 0 Å². The second-order valence-electron chi connectivity index (χ2n) is 9.85. The molecule has 0 spiro atoms. The molecule has 2 N–H and O–H groups in total. The third-order valence-electron chi connectivity index (χ3n) is 7.07. The first-order valence-corrected chi connectivity index (χ1v) is 12.8. The van der Waals surface area contributed by atoms with Gasteiger partial charge in [0, 0.05) is 30.8 Å². The first-order chi connectivity index (χ1) is 17.9. The summed E-state index contributed by atoms with van der Waals surface area (Å²) < 4.78 is 0. The molecule has 0 saturated carbocycles. The van der Waals surface area contributed by atoms with E-state index in [1.807, 2.05) is 67.3 Å². The number of fused-ring (bicyclic) bond motifs is 1. The lowest BCUT2D eigenvalue weighted by atomic mass is 9.98. The number of carbonyl (C=O) groups is 3. The molecule has 7 nitrogen and oxygen atoms in total. The van der Waals surface area contributed by atoms with Gasteiger partial charge in [0.05, 0.1) is 23.8 Å². The van der Waals surface area contributed by atoms with E-state index in [4.69, 9.17) is 0 Å². The van der Waals surface area contributed by atoms with Crippen LogP contribution in [0.5, 0.6) is 0 Å². The Kier molecular flexibility index (Phi) is 7.06. The van der Waals surface area contributed by atoms with Crippen molar-refractivity contribution < 1.29 is 14.4 Å². The number of anilines is 2. The lowest BCUT2D eigenvalue weighted by Crippen LogP contribution is -2.35. The summed E-state index contributed by atoms with van der Waals surface area (Å²) in [5, 5.41) is 6.29. The molecule has 2 heterocycles. The Morgan fingerprint density at radius 1 is 0.811 bits per heavy atom. The van der Waals surface area contributed by atoms with Crippen molar-refractivity contribution in [2.24, 2.45) is 0 Å². The monoisotopic (exact) mass is 496 g/mol. The molecule has 2 aliphatic rings. The number of rotatable bonds is 3. The molecule has 190 valence electrons. The number of amides is 3. The average molecular weight is 497 g/mol. The van der Waals surface area contributed by atoms with Crippen molar-refractivity contribution in [2.75, 3.05) is 36.4 Å². The molecule has 0 bridgehead atoms. The van der Waals surface area contributed by atoms with Crippen LogP contribution in [0.25, 0.3) is 0 Å². The second kappa shape index (κ2) is 10.6. The molecule has 5 rings (SSSR count). The maximum atomic E-state index is 14.0. The van der Waals surface area contributed by atoms with Crippen molar-refractivity contribution in [1.82, 2.24) is 10.2 Å². The molecule has 0 radical (unpaired) electrons. The lowest BCUT2D eigenvalue weighted by Gasteiger charge is -2.31. The SMILES string of the molecule is Cc1ccc(C(=O)N2c3ccc(C(=O)N4CCCNCC4)cc3NC(=O)CC2c2ccc(C)cc2)cc1. The molecule has 7 heteroatoms. The van der Waals surface area contributed by atoms with Crippen LogP contribution in [-0.2, 0) is 4.79 Å². The van der Waals surface area contributed by atoms with Gasteiger partial charge in [-0.3, -0.25) is 19.3 Å². The van der Waals surface area contributed by atoms with Gasteiger partial charge in [0.25, 0.3) is 11.8 Å². The molecule has 0 aliphatic carbocycles. The van der Waals surface area contributed by atoms with E-state index >= 15 is 0 Å². The minimum atomic E-state index is -0.492. The number of nitrogens with one attached hydrogen (secondary N) is 2. The fourth-order valence-electron chi connectivity index (χ4n) is 4.99. The summed E-state index contributed by atoms with van der Waals surface area (Å²) in [4.78, 5) is 44.0. The summed E-state index contributed by atoms with van der Waals surface area (Å²) in [5.41, 5.74) is 5.14. The number of benzene rings is 3. The van der Waals surface area contributed by atoms with Gasteiger partial charge >= 0.3 is 0 Å². The smallest absolute Gasteiger partial charge is 0.258 e. The van der Waals surface area contributed by atoms with Gasteiger partial charge < -0.3 is 15.5 Å². The van der Waals surface area contributed by atoms with E-state index in [0.717, 1.165) is 36.2 Å². The van der Waals surface area contributed by atoms with Crippen molar-refractivity contribution in [1.29, 1.82) is 0 Å². The highest BCUT2D eigenvalue weighted by molar-refractivity contribution is 6.12. The van der Waals surface area contributed by atoms with Crippen LogP contribution >= 0.6 is 0 Å². The average Bonchev–Trinajstić information content (AvgIpc) is 3.26. The Morgan fingerprint density at radius 3 is 2.22 bits per heavy atom. The number of aryl methyl sites for hydroxylation is 2. The Bertz CT molecular complexity index is 1310. The molecule has 1 unspecified atom stereocenters. The highest BCUT2D eigenvalue weighted by atomic mass is 16.2. The minimum Gasteiger partial charge on any atom is -0.337 e. The van der Waals surface area contributed by atoms with Crippen molar-refractivity contribution in [2.45, 2.75) is 32.7 Å². The van der Waals surface area contributed by atoms with Gasteiger partial charge in [-0.1, -0.05) is 47.5 Å². The van der Waals surface area contributed by atoms with Gasteiger partial charge in [-0.25, -0.2) is 0 Å². The molecule has 2 aliphatic heterocycles. The van der Waals surface area contributed by atoms with Crippen molar-refractivity contribution >= 4 is 29.1 Å². The summed E-state index contributed by atoms with van der Waals surface area (Å²) >= 11 is 0. The fraction of sp³-hybridized carbons (Fsp3) is 0.300. The summed E-state index contributed by atoms with van der Waals surface area (Å²) in [6.45, 7) is 6.95. The van der Waals surface area contributed by atoms with Crippen molar-refractivity contribution in [3.63, 3.8) is 0 Å². The molecular formula is C30H32N4O3. The van der Waals surface area contributed by atoms with Crippen molar-refractivity contribution in [3.8, 4) is 0 Å². The molecule has 1 atom stereocenters. The molecule has 1 fully saturated rings. The van der Waals surface area contributed by atoms with Gasteiger partial charge in [-0.2, -0.15) is 0 Å². The van der Waals surface area contributed by atoms with E-state index < -0.39 is 6.04 Å². The highest BCUT2D eigenvalue weighted by Gasteiger charge is 2.34. The number of carbonyl (C=O) groups excluding carboxylic acids is 3. The molecule has 37 heavy (non-hydrogen) atoms. The predicted molar refractivity (Wildman–Crippen MR) is 145 cm³/mol. The topological polar surface area (TPSA) is 81.8 Å². The standard InChI is InChI=1S/C30H32N4O3/c1-20-4-8-22(9-5-20)27-19-28(35)32-25-18-24(29(36)33-16-3-14-31-15-17-33)12-13-26(25)34(27)30(37)23-10-6-21(2)7-11-23/h4-13,18,27,31H,3,14-17,19H2,1-2H3,(H,32,35). The second-order valence-corrected chi connectivity index (χ2v) is 9.85. The summed E-state index contributed by atoms with van der Waals surface area (Å²) in [6, 6.07) is 20.1. The number of hydrogen-bond acceptors (Lipinski definition) is 4. The van der Waals surface area contributed by atoms with Crippen LogP contribution in [0.1, 0.15) is 56.3 Å². The first-order valence-electron chi connectivity index (χ1n) is 12.8. The molecule has 0 aromatic heterocycles. The zero-order chi connectivity index (χ0) is 25.9. The molecule has 1 saturated heterocycles. The normalized spacial score (nSPS) is 17.9. The van der Waals surface area contributed by atoms with E-state index in [9.17, 15) is 14.4 Å². The number of nitrogens with zero attached hydrogens (tertiary/aromatic N) is 2. The van der Waals surface area contributed by atoms with Crippen LogP contribution in [0.3, 0.4) is 0 Å². The molecular weight excluding hydrogens is 464 g/mol. The fourth-order valence-corrected chi connectivity index (χ4v) is 4.99. The predicted octanol–water partition coefficient (Wildman–Crippen LogP) is 4.47. The Labute approximate surface area is 217 Å². The molecule has 3 aromatic rings. The largest absolute Gasteiger partial charge is 0.337 e. The zero-order valence-electron chi connectivity index (χ0n) is 21.3. The number of hydrogen-bond donors (Lipinski definition) is 2. The van der Waals surface area contributed by atoms with Gasteiger partial charge in [-0.05, 0) is 62.7 Å². The van der Waals surface area contributed by atoms with E-state index in [1.165, 1.54) is 0 Å². The highest BCUT2D eigenvalue weighted by Crippen LogP contribution is 2.40. The third-order valence-corrected chi connectivity index (χ3v) is 7.07. The Balaban J connectivity index is 1.58. The third kappa shape index (κ3) is 5.27. The van der Waals surface area contributed by atoms with Crippen LogP contribution in [0, 0.1) is 13.8 Å². The molecule has 3 aromatic carbocycles. The Hall–Kier alpha value is -3.97. The van der Waals surface area contributed by atoms with E-state index in [1.54, 1.807) is 23.1 Å². The van der Waals surface area contributed by atoms with Gasteiger partial charge in [0.1, 0.15) is 0 Å². The maximum Gasteiger partial charge on any atom is 0.258 e. The summed E-state index contributed by atoms with van der Waals surface area (Å²) in [5.74, 6) is -0.466. The van der Waals surface area contributed by atoms with E-state index in [0.29, 0.717) is 35.6 Å².